The molecule has 1 saturated carbocycles. The summed E-state index contributed by atoms with van der Waals surface area (Å²) in [4.78, 5) is 20.7. The second kappa shape index (κ2) is 8.05. The smallest absolute Gasteiger partial charge is 0.247 e. The second-order valence-electron chi connectivity index (χ2n) is 8.19. The van der Waals surface area contributed by atoms with E-state index in [-0.39, 0.29) is 0 Å². The van der Waals surface area contributed by atoms with Crippen molar-refractivity contribution in [1.82, 2.24) is 20.6 Å². The van der Waals surface area contributed by atoms with Crippen molar-refractivity contribution in [3.05, 3.63) is 83.6 Å². The molecule has 1 aliphatic carbocycles. The predicted molar refractivity (Wildman–Crippen MR) is 115 cm³/mol. The fourth-order valence-electron chi connectivity index (χ4n) is 4.38. The van der Waals surface area contributed by atoms with Gasteiger partial charge in [-0.2, -0.15) is 4.98 Å². The summed E-state index contributed by atoms with van der Waals surface area (Å²) in [6.45, 7) is 2.42. The van der Waals surface area contributed by atoms with Crippen LogP contribution in [-0.4, -0.2) is 26.2 Å². The number of aryl methyl sites for hydroxylation is 1. The maximum atomic E-state index is 12.0. The first kappa shape index (κ1) is 20.1. The third kappa shape index (κ3) is 3.69. The third-order valence-corrected chi connectivity index (χ3v) is 6.08. The van der Waals surface area contributed by atoms with Crippen molar-refractivity contribution in [3.63, 3.8) is 0 Å². The summed E-state index contributed by atoms with van der Waals surface area (Å²) in [5, 5.41) is 14.1. The van der Waals surface area contributed by atoms with E-state index in [0.717, 1.165) is 33.5 Å². The molecule has 0 saturated heterocycles. The zero-order valence-corrected chi connectivity index (χ0v) is 17.5. The number of carbonyl (C=O) groups is 1. The van der Waals surface area contributed by atoms with Gasteiger partial charge in [-0.1, -0.05) is 35.5 Å². The fraction of sp³-hybridized carbons (Fsp3) is 0.250. The molecule has 0 aliphatic heterocycles. The minimum absolute atomic E-state index is 0.399. The number of para-hydroxylation sites is 1. The molecule has 8 nitrogen and oxygen atoms in total. The first-order valence-corrected chi connectivity index (χ1v) is 10.4. The standard InChI is InChI=1S/C24H22N4O4/c1-15-10-17(19-4-2-3-5-21(19)26-15)13-31-18-8-6-16(7-9-18)11-24(23-25-14-32-28-23)12-20(24)22(29)27-30/h2-10,14,20,30H,11-13H2,1H3,(H,27,29)/t20?,24-/m0/s1. The topological polar surface area (TPSA) is 110 Å². The monoisotopic (exact) mass is 430 g/mol. The minimum atomic E-state index is -0.574. The van der Waals surface area contributed by atoms with Crippen molar-refractivity contribution in [2.75, 3.05) is 0 Å². The molecule has 2 atom stereocenters. The van der Waals surface area contributed by atoms with Gasteiger partial charge in [0.15, 0.2) is 5.82 Å². The Morgan fingerprint density at radius 2 is 2.06 bits per heavy atom. The van der Waals surface area contributed by atoms with Crippen molar-refractivity contribution >= 4 is 16.8 Å². The highest BCUT2D eigenvalue weighted by Gasteiger charge is 2.61. The summed E-state index contributed by atoms with van der Waals surface area (Å²) < 4.78 is 10.9. The Morgan fingerprint density at radius 1 is 1.25 bits per heavy atom. The zero-order chi connectivity index (χ0) is 22.1. The number of hydroxylamine groups is 1. The van der Waals surface area contributed by atoms with E-state index in [1.807, 2.05) is 55.5 Å². The number of pyridine rings is 1. The largest absolute Gasteiger partial charge is 0.489 e. The van der Waals surface area contributed by atoms with Gasteiger partial charge in [0.2, 0.25) is 12.3 Å². The van der Waals surface area contributed by atoms with Crippen molar-refractivity contribution in [3.8, 4) is 5.75 Å². The molecule has 4 aromatic rings. The maximum Gasteiger partial charge on any atom is 0.247 e. The number of carbonyl (C=O) groups excluding carboxylic acids is 1. The Hall–Kier alpha value is -3.78. The van der Waals surface area contributed by atoms with Crippen LogP contribution < -0.4 is 10.2 Å². The molecule has 8 heteroatoms. The molecule has 2 aromatic carbocycles. The molecule has 0 bridgehead atoms. The fourth-order valence-corrected chi connectivity index (χ4v) is 4.38. The Labute approximate surface area is 184 Å². The van der Waals surface area contributed by atoms with Crippen molar-refractivity contribution in [1.29, 1.82) is 0 Å². The van der Waals surface area contributed by atoms with E-state index in [0.29, 0.717) is 25.3 Å². The number of amides is 1. The van der Waals surface area contributed by atoms with Crippen LogP contribution in [0.4, 0.5) is 0 Å². The van der Waals surface area contributed by atoms with Crippen LogP contribution in [0, 0.1) is 12.8 Å². The molecule has 162 valence electrons. The zero-order valence-electron chi connectivity index (χ0n) is 17.5. The van der Waals surface area contributed by atoms with Crippen LogP contribution in [0.25, 0.3) is 10.9 Å². The van der Waals surface area contributed by atoms with E-state index in [9.17, 15) is 4.79 Å². The van der Waals surface area contributed by atoms with Gasteiger partial charge in [0.1, 0.15) is 12.4 Å². The van der Waals surface area contributed by atoms with Gasteiger partial charge in [0.05, 0.1) is 16.8 Å². The molecule has 5 rings (SSSR count). The number of hydrogen-bond acceptors (Lipinski definition) is 7. The molecule has 2 aromatic heterocycles. The average molecular weight is 430 g/mol. The van der Waals surface area contributed by atoms with Crippen LogP contribution >= 0.6 is 0 Å². The highest BCUT2D eigenvalue weighted by Crippen LogP contribution is 2.55. The molecule has 2 heterocycles. The Bertz CT molecular complexity index is 1260. The van der Waals surface area contributed by atoms with Gasteiger partial charge < -0.3 is 9.26 Å². The molecule has 1 amide bonds. The first-order chi connectivity index (χ1) is 15.6. The van der Waals surface area contributed by atoms with E-state index in [2.05, 4.69) is 21.2 Å². The summed E-state index contributed by atoms with van der Waals surface area (Å²) in [5.74, 6) is 0.395. The van der Waals surface area contributed by atoms with Crippen LogP contribution in [0.1, 0.15) is 29.1 Å². The average Bonchev–Trinajstić information content (AvgIpc) is 3.26. The van der Waals surface area contributed by atoms with Crippen molar-refractivity contribution < 1.29 is 19.3 Å². The van der Waals surface area contributed by atoms with Gasteiger partial charge in [-0.15, -0.1) is 0 Å². The van der Waals surface area contributed by atoms with Gasteiger partial charge >= 0.3 is 0 Å². The number of benzene rings is 2. The lowest BCUT2D eigenvalue weighted by Gasteiger charge is -2.14. The van der Waals surface area contributed by atoms with Gasteiger partial charge in [0.25, 0.3) is 0 Å². The highest BCUT2D eigenvalue weighted by molar-refractivity contribution is 5.83. The number of hydrogen-bond donors (Lipinski definition) is 2. The summed E-state index contributed by atoms with van der Waals surface area (Å²) in [6.07, 6.45) is 2.36. The van der Waals surface area contributed by atoms with E-state index in [1.165, 1.54) is 6.39 Å². The normalized spacial score (nSPS) is 19.6. The lowest BCUT2D eigenvalue weighted by atomic mass is 9.92. The SMILES string of the molecule is Cc1cc(COc2ccc(C[C@]3(c4ncon4)CC3C(=O)NO)cc2)c2ccccc2n1. The number of rotatable bonds is 7. The molecule has 2 N–H and O–H groups in total. The van der Waals surface area contributed by atoms with Crippen LogP contribution in [0.15, 0.2) is 65.5 Å². The molecule has 32 heavy (non-hydrogen) atoms. The van der Waals surface area contributed by atoms with Gasteiger partial charge in [-0.25, -0.2) is 5.48 Å². The molecule has 1 aliphatic rings. The van der Waals surface area contributed by atoms with E-state index >= 15 is 0 Å². The Balaban J connectivity index is 1.30. The number of ether oxygens (including phenoxy) is 1. The van der Waals surface area contributed by atoms with Gasteiger partial charge in [-0.3, -0.25) is 15.0 Å². The predicted octanol–water partition coefficient (Wildman–Crippen LogP) is 3.51. The van der Waals surface area contributed by atoms with Crippen LogP contribution in [0.2, 0.25) is 0 Å². The lowest BCUT2D eigenvalue weighted by molar-refractivity contribution is -0.131. The van der Waals surface area contributed by atoms with Crippen LogP contribution in [0.3, 0.4) is 0 Å². The van der Waals surface area contributed by atoms with Gasteiger partial charge in [0, 0.05) is 16.6 Å². The molecule has 1 fully saturated rings. The lowest BCUT2D eigenvalue weighted by Crippen LogP contribution is -2.27. The molecule has 0 spiro atoms. The molecule has 1 unspecified atom stereocenters. The number of aromatic nitrogens is 3. The van der Waals surface area contributed by atoms with E-state index in [4.69, 9.17) is 14.5 Å². The molecular formula is C24H22N4O4. The number of nitrogens with zero attached hydrogens (tertiary/aromatic N) is 3. The number of nitrogens with one attached hydrogen (secondary N) is 1. The van der Waals surface area contributed by atoms with Gasteiger partial charge in [-0.05, 0) is 49.6 Å². The third-order valence-electron chi connectivity index (χ3n) is 6.08. The molecular weight excluding hydrogens is 408 g/mol. The number of fused-ring (bicyclic) bond motifs is 1. The summed E-state index contributed by atoms with van der Waals surface area (Å²) >= 11 is 0. The Kier molecular flexibility index (Phi) is 5.07. The first-order valence-electron chi connectivity index (χ1n) is 10.4. The Morgan fingerprint density at radius 3 is 2.81 bits per heavy atom. The quantitative estimate of drug-likeness (QED) is 0.341. The van der Waals surface area contributed by atoms with Crippen LogP contribution in [-0.2, 0) is 23.2 Å². The second-order valence-corrected chi connectivity index (χ2v) is 8.19. The van der Waals surface area contributed by atoms with E-state index in [1.54, 1.807) is 5.48 Å². The van der Waals surface area contributed by atoms with E-state index < -0.39 is 17.2 Å². The summed E-state index contributed by atoms with van der Waals surface area (Å²) in [7, 11) is 0. The summed E-state index contributed by atoms with van der Waals surface area (Å²) in [6, 6.07) is 17.9. The van der Waals surface area contributed by atoms with Crippen LogP contribution in [0.5, 0.6) is 5.75 Å². The maximum absolute atomic E-state index is 12.0. The minimum Gasteiger partial charge on any atom is -0.489 e. The van der Waals surface area contributed by atoms with Crippen molar-refractivity contribution in [2.45, 2.75) is 31.8 Å². The molecule has 0 radical (unpaired) electrons. The van der Waals surface area contributed by atoms with Crippen molar-refractivity contribution in [2.24, 2.45) is 5.92 Å². The highest BCUT2D eigenvalue weighted by atomic mass is 16.5. The summed E-state index contributed by atoms with van der Waals surface area (Å²) in [5.41, 5.74) is 5.18.